The Morgan fingerprint density at radius 1 is 0.216 bits per heavy atom. The van der Waals surface area contributed by atoms with Gasteiger partial charge in [0.15, 0.2) is 11.6 Å². The summed E-state index contributed by atoms with van der Waals surface area (Å²) in [5.74, 6) is 1.44. The largest absolute Gasteiger partial charge is 0.456 e. The van der Waals surface area contributed by atoms with Gasteiger partial charge in [-0.15, -0.1) is 0 Å². The Bertz CT molecular complexity index is 9480. The monoisotopic (exact) mass is 1780 g/mol. The Kier molecular flexibility index (Phi) is 17.3. The fraction of sp³-hybridized carbons (Fsp3) is 0.0769. The van der Waals surface area contributed by atoms with Gasteiger partial charge in [0.25, 0.3) is 0 Å². The number of pyridine rings is 2. The highest BCUT2D eigenvalue weighted by atomic mass is 16.3. The van der Waals surface area contributed by atoms with Crippen LogP contribution in [0.25, 0.3) is 233 Å². The van der Waals surface area contributed by atoms with Crippen LogP contribution in [0, 0.1) is 0 Å². The lowest BCUT2D eigenvalue weighted by Crippen LogP contribution is -2.25. The Labute approximate surface area is 802 Å². The molecule has 5 aliphatic rings. The molecule has 25 aromatic rings. The zero-order chi connectivity index (χ0) is 92.5. The fourth-order valence-corrected chi connectivity index (χ4v) is 24.3. The average molecular weight is 1780 g/mol. The zero-order valence-corrected chi connectivity index (χ0v) is 77.2. The van der Waals surface area contributed by atoms with E-state index in [0.717, 1.165) is 155 Å². The van der Waals surface area contributed by atoms with E-state index in [-0.39, 0.29) is 16.2 Å². The first-order valence-electron chi connectivity index (χ1n) is 47.9. The molecular formula is C130H86N6O3. The Morgan fingerprint density at radius 2 is 0.712 bits per heavy atom. The molecule has 7 heterocycles. The van der Waals surface area contributed by atoms with E-state index in [0.29, 0.717) is 5.82 Å². The van der Waals surface area contributed by atoms with Crippen LogP contribution in [-0.4, -0.2) is 29.9 Å². The Balaban J connectivity index is 0.000000103. The molecule has 9 heteroatoms. The third-order valence-corrected chi connectivity index (χ3v) is 30.7. The van der Waals surface area contributed by atoms with E-state index in [1.807, 2.05) is 48.7 Å². The van der Waals surface area contributed by atoms with Gasteiger partial charge in [-0.05, 0) is 220 Å². The van der Waals surface area contributed by atoms with Gasteiger partial charge in [0.1, 0.15) is 33.5 Å². The second-order valence-electron chi connectivity index (χ2n) is 39.3. The smallest absolute Gasteiger partial charge is 0.160 e. The highest BCUT2D eigenvalue weighted by molar-refractivity contribution is 6.17. The minimum Gasteiger partial charge on any atom is -0.456 e. The Morgan fingerprint density at radius 3 is 1.45 bits per heavy atom. The van der Waals surface area contributed by atoms with Crippen molar-refractivity contribution in [2.24, 2.45) is 0 Å². The van der Waals surface area contributed by atoms with Crippen LogP contribution < -0.4 is 0 Å². The molecule has 9 nitrogen and oxygen atoms in total. The lowest BCUT2D eigenvalue weighted by molar-refractivity contribution is 0.620. The predicted octanol–water partition coefficient (Wildman–Crippen LogP) is 33.5. The molecule has 0 amide bonds. The molecule has 0 unspecified atom stereocenters. The minimum atomic E-state index is -0.470. The summed E-state index contributed by atoms with van der Waals surface area (Å²) >= 11 is 0. The summed E-state index contributed by atoms with van der Waals surface area (Å²) in [5, 5.41) is 11.4. The molecule has 30 rings (SSSR count). The SMILES string of the molecule is CC1(C)c2ccccc2-c2c1ccc1oc3cc(-c4nc(-c5ccc6ccccc6c5)c5ccccc5n4)ccc3c21.CC1(C)c2ccccc2-c2cc(-c3nc(-c4cccc5c4C(C)(C)c4c-5ccc5c4oc4ccccc45)nc4ccccc34)ccc21.c1ccc(-c2cc(-c3ccccn3)cc(-c3ccc4c(c3)-c3cc5c(cc3C43c4ccccc4-c4ccccc43)oc3ccccc35)n2)cc1. The number of furan rings is 3. The highest BCUT2D eigenvalue weighted by Gasteiger charge is 2.53. The summed E-state index contributed by atoms with van der Waals surface area (Å²) in [4.78, 5) is 30.8. The topological polar surface area (TPSA) is 117 Å². The lowest BCUT2D eigenvalue weighted by Gasteiger charge is -2.30. The first-order chi connectivity index (χ1) is 68.1. The van der Waals surface area contributed by atoms with E-state index < -0.39 is 5.41 Å². The van der Waals surface area contributed by atoms with Crippen LogP contribution in [0.15, 0.2) is 426 Å². The van der Waals surface area contributed by atoms with Gasteiger partial charge in [0.05, 0.1) is 44.9 Å². The van der Waals surface area contributed by atoms with Crippen molar-refractivity contribution in [3.63, 3.8) is 0 Å². The zero-order valence-electron chi connectivity index (χ0n) is 77.2. The number of benzene rings is 18. The first-order valence-corrected chi connectivity index (χ1v) is 47.9. The van der Waals surface area contributed by atoms with Crippen LogP contribution in [0.3, 0.4) is 0 Å². The molecule has 0 saturated heterocycles. The molecule has 654 valence electrons. The summed E-state index contributed by atoms with van der Waals surface area (Å²) in [6.07, 6.45) is 1.85. The van der Waals surface area contributed by atoms with Crippen molar-refractivity contribution in [2.75, 3.05) is 0 Å². The summed E-state index contributed by atoms with van der Waals surface area (Å²) < 4.78 is 19.6. The van der Waals surface area contributed by atoms with Crippen molar-refractivity contribution in [1.29, 1.82) is 0 Å². The highest BCUT2D eigenvalue weighted by Crippen LogP contribution is 2.65. The van der Waals surface area contributed by atoms with E-state index in [1.54, 1.807) is 0 Å². The van der Waals surface area contributed by atoms with Crippen molar-refractivity contribution in [2.45, 2.75) is 63.2 Å². The number of fused-ring (bicyclic) bond motifs is 33. The predicted molar refractivity (Wildman–Crippen MR) is 567 cm³/mol. The third kappa shape index (κ3) is 11.9. The summed E-state index contributed by atoms with van der Waals surface area (Å²) in [6.45, 7) is 13.9. The van der Waals surface area contributed by atoms with Crippen LogP contribution in [0.4, 0.5) is 0 Å². The number of hydrogen-bond donors (Lipinski definition) is 0. The molecule has 7 aromatic heterocycles. The van der Waals surface area contributed by atoms with Gasteiger partial charge in [0, 0.05) is 110 Å². The van der Waals surface area contributed by atoms with Crippen LogP contribution in [0.5, 0.6) is 0 Å². The molecule has 0 bridgehead atoms. The fourth-order valence-electron chi connectivity index (χ4n) is 24.3. The Hall–Kier alpha value is -17.4. The summed E-state index contributed by atoms with van der Waals surface area (Å²) in [5.41, 5.74) is 44.2. The molecular weight excluding hydrogens is 1690 g/mol. The molecule has 1 spiro atoms. The maximum Gasteiger partial charge on any atom is 0.160 e. The molecule has 0 radical (unpaired) electrons. The first kappa shape index (κ1) is 80.1. The second-order valence-corrected chi connectivity index (χ2v) is 39.3. The quantitative estimate of drug-likeness (QED) is 0.154. The van der Waals surface area contributed by atoms with Gasteiger partial charge >= 0.3 is 0 Å². The van der Waals surface area contributed by atoms with Gasteiger partial charge in [-0.25, -0.2) is 24.9 Å². The summed E-state index contributed by atoms with van der Waals surface area (Å²) in [6, 6.07) is 145. The molecule has 0 fully saturated rings. The van der Waals surface area contributed by atoms with E-state index in [4.69, 9.17) is 43.2 Å². The molecule has 5 aliphatic carbocycles. The van der Waals surface area contributed by atoms with E-state index >= 15 is 0 Å². The van der Waals surface area contributed by atoms with Crippen molar-refractivity contribution in [3.05, 3.63) is 468 Å². The molecule has 18 aromatic carbocycles. The van der Waals surface area contributed by atoms with Crippen molar-refractivity contribution >= 4 is 98.4 Å². The second kappa shape index (κ2) is 30.0. The number of nitrogens with zero attached hydrogens (tertiary/aromatic N) is 6. The molecule has 0 N–H and O–H groups in total. The van der Waals surface area contributed by atoms with Gasteiger partial charge < -0.3 is 13.3 Å². The van der Waals surface area contributed by atoms with Crippen molar-refractivity contribution < 1.29 is 13.3 Å². The minimum absolute atomic E-state index is 0.0419. The number of rotatable bonds is 7. The molecule has 0 saturated carbocycles. The van der Waals surface area contributed by atoms with Gasteiger partial charge in [-0.2, -0.15) is 0 Å². The van der Waals surface area contributed by atoms with Gasteiger partial charge in [-0.1, -0.05) is 345 Å². The number of hydrogen-bond acceptors (Lipinski definition) is 9. The molecule has 139 heavy (non-hydrogen) atoms. The van der Waals surface area contributed by atoms with Crippen LogP contribution in [0.2, 0.25) is 0 Å². The normalized spacial score (nSPS) is 14.1. The van der Waals surface area contributed by atoms with Gasteiger partial charge in [-0.3, -0.25) is 4.98 Å². The lowest BCUT2D eigenvalue weighted by atomic mass is 9.70. The van der Waals surface area contributed by atoms with Gasteiger partial charge in [0.2, 0.25) is 0 Å². The number of para-hydroxylation sites is 4. The van der Waals surface area contributed by atoms with Crippen LogP contribution in [0.1, 0.15) is 97.2 Å². The van der Waals surface area contributed by atoms with Crippen LogP contribution >= 0.6 is 0 Å². The van der Waals surface area contributed by atoms with Crippen molar-refractivity contribution in [3.8, 4) is 135 Å². The molecule has 0 aliphatic heterocycles. The average Bonchev–Trinajstić information content (AvgIpc) is 1.50. The van der Waals surface area contributed by atoms with E-state index in [2.05, 4.69) is 406 Å². The van der Waals surface area contributed by atoms with Crippen molar-refractivity contribution in [1.82, 2.24) is 29.9 Å². The van der Waals surface area contributed by atoms with Crippen LogP contribution in [-0.2, 0) is 21.7 Å². The van der Waals surface area contributed by atoms with E-state index in [9.17, 15) is 0 Å². The molecule has 0 atom stereocenters. The number of aromatic nitrogens is 6. The maximum atomic E-state index is 6.59. The standard InChI is InChI=1S/C47H28N2O.C44H32N2O.C39H26N2O/c1-2-12-29(13-3-1)43-25-31(42-19-10-11-23-48-42)26-44(49-43)30-21-22-40-35(24-30)36-27-37-34-16-6-9-20-45(34)50-46(37)28-41(36)47(40)38-17-7-4-14-32(38)33-15-5-8-18-39(33)47;1-43(2)34-17-8-5-12-26(34)33-24-25(20-23-35(33)43)40-31-14-6-9-18-36(31)45-42(46-40)32-16-11-15-28-29-21-22-30-27-13-7-10-19-37(27)47-41(30)39(29)44(3,4)38(28)32;1-39(2)30-13-7-5-11-27(30)35-31(39)19-20-33-36(35)29-18-17-26(22-34(29)42-33)38-40-32-14-8-6-12-28(32)37(41-38)25-16-15-23-9-3-4-10-24(23)21-25/h1-28H;5-24H,1-4H3;3-22H,1-2H3. The maximum absolute atomic E-state index is 6.59. The third-order valence-electron chi connectivity index (χ3n) is 30.7. The van der Waals surface area contributed by atoms with E-state index in [1.165, 1.54) is 127 Å². The summed E-state index contributed by atoms with van der Waals surface area (Å²) in [7, 11) is 0.